The molecule has 8 aromatic carbocycles. The smallest absolute Gasteiger partial charge is 0.149 e. The average Bonchev–Trinajstić information content (AvgIpc) is 3.75. The molecule has 10 rings (SSSR count). The second kappa shape index (κ2) is 18.0. The van der Waals surface area contributed by atoms with Gasteiger partial charge in [-0.3, -0.25) is 9.55 Å². The summed E-state index contributed by atoms with van der Waals surface area (Å²) in [5.74, 6) is -0.0925. The normalized spacial score (nSPS) is 12.3. The van der Waals surface area contributed by atoms with Crippen LogP contribution < -0.4 is 0 Å². The molecule has 0 atom stereocenters. The van der Waals surface area contributed by atoms with Gasteiger partial charge in [-0.25, -0.2) is 4.98 Å². The van der Waals surface area contributed by atoms with Gasteiger partial charge in [-0.1, -0.05) is 195 Å². The van der Waals surface area contributed by atoms with Gasteiger partial charge in [-0.2, -0.15) is 0 Å². The minimum absolute atomic E-state index is 0.213. The van der Waals surface area contributed by atoms with Crippen LogP contribution in [0.3, 0.4) is 0 Å². The largest absolute Gasteiger partial charge is 0.507 e. The molecule has 0 aliphatic carbocycles. The summed E-state index contributed by atoms with van der Waals surface area (Å²) in [5, 5.41) is 12.8. The molecule has 0 bridgehead atoms. The zero-order valence-electron chi connectivity index (χ0n) is 41.8. The zero-order valence-corrected chi connectivity index (χ0v) is 40.8. The van der Waals surface area contributed by atoms with Gasteiger partial charge in [-0.15, -0.1) is 0 Å². The van der Waals surface area contributed by atoms with Crippen LogP contribution in [-0.4, -0.2) is 19.6 Å². The number of phenols is 1. The number of para-hydroxylation sites is 1. The van der Waals surface area contributed by atoms with Gasteiger partial charge >= 0.3 is 0 Å². The van der Waals surface area contributed by atoms with E-state index in [9.17, 15) is 6.48 Å². The highest BCUT2D eigenvalue weighted by Crippen LogP contribution is 2.47. The van der Waals surface area contributed by atoms with Crippen molar-refractivity contribution in [1.82, 2.24) is 14.5 Å². The minimum Gasteiger partial charge on any atom is -0.507 e. The van der Waals surface area contributed by atoms with Crippen molar-refractivity contribution in [1.29, 1.82) is 0 Å². The number of aromatic nitrogens is 3. The number of nitrogens with zero attached hydrogens (tertiary/aromatic N) is 3. The number of fused-ring (bicyclic) bond motifs is 1. The van der Waals surface area contributed by atoms with Crippen molar-refractivity contribution in [3.8, 4) is 89.7 Å². The molecule has 69 heavy (non-hydrogen) atoms. The van der Waals surface area contributed by atoms with Crippen LogP contribution in [0.4, 0.5) is 0 Å². The molecule has 340 valence electrons. The number of hydrogen-bond acceptors (Lipinski definition) is 3. The zero-order chi connectivity index (χ0) is 49.0. The molecule has 2 aromatic heterocycles. The molecule has 0 aliphatic rings. The molecule has 4 nitrogen and oxygen atoms in total. The molecule has 2 heterocycles. The summed E-state index contributed by atoms with van der Waals surface area (Å²) < 4.78 is 11.8. The Hall–Kier alpha value is -7.82. The van der Waals surface area contributed by atoms with Crippen molar-refractivity contribution in [2.24, 2.45) is 0 Å². The maximum Gasteiger partial charge on any atom is 0.149 e. The maximum absolute atomic E-state index is 12.8. The Morgan fingerprint density at radius 3 is 1.64 bits per heavy atom. The van der Waals surface area contributed by atoms with Crippen LogP contribution in [0.5, 0.6) is 5.75 Å². The Labute approximate surface area is 409 Å². The van der Waals surface area contributed by atoms with Crippen LogP contribution in [0.2, 0.25) is 0 Å². The van der Waals surface area contributed by atoms with Crippen molar-refractivity contribution in [2.45, 2.75) is 72.1 Å². The second-order valence-corrected chi connectivity index (χ2v) is 20.5. The van der Waals surface area contributed by atoms with E-state index in [2.05, 4.69) is 216 Å². The molecule has 0 unspecified atom stereocenters. The van der Waals surface area contributed by atoms with E-state index in [1.54, 1.807) is 0 Å². The van der Waals surface area contributed by atoms with Crippen LogP contribution in [0.15, 0.2) is 200 Å². The molecule has 0 aliphatic heterocycles. The van der Waals surface area contributed by atoms with Crippen LogP contribution >= 0.6 is 0 Å². The Morgan fingerprint density at radius 1 is 0.478 bits per heavy atom. The summed E-state index contributed by atoms with van der Waals surface area (Å²) in [5.41, 5.74) is 17.7. The van der Waals surface area contributed by atoms with Gasteiger partial charge in [-0.05, 0) is 127 Å². The highest BCUT2D eigenvalue weighted by molar-refractivity contribution is 5.99. The molecule has 4 heteroatoms. The lowest BCUT2D eigenvalue weighted by molar-refractivity contribution is 0.446. The predicted molar refractivity (Wildman–Crippen MR) is 290 cm³/mol. The molecule has 1 N–H and O–H groups in total. The molecule has 0 amide bonds. The summed E-state index contributed by atoms with van der Waals surface area (Å²) in [6.45, 7) is 17.1. The van der Waals surface area contributed by atoms with E-state index in [1.165, 1.54) is 0 Å². The van der Waals surface area contributed by atoms with E-state index in [1.807, 2.05) is 44.3 Å². The lowest BCUT2D eigenvalue weighted by Gasteiger charge is -2.28. The lowest BCUT2D eigenvalue weighted by Crippen LogP contribution is -2.17. The predicted octanol–water partition coefficient (Wildman–Crippen LogP) is 17.5. The maximum atomic E-state index is 12.8. The van der Waals surface area contributed by atoms with Crippen molar-refractivity contribution >= 4 is 11.0 Å². The SMILES string of the molecule is [2H]C(C)(C)c1cc(-c2ccccc2)c(-n2c(-c3cc(C(C)(C)C)cc(C(C)(C)C)c3O)nc3c(-c4cc(-c5ccccc5)cc(-c5cc(-c6ccccc6)ccn5)c4)cccc32)cc1-c1ccccc1. The summed E-state index contributed by atoms with van der Waals surface area (Å²) in [7, 11) is 0. The molecule has 0 radical (unpaired) electrons. The molecule has 0 saturated carbocycles. The monoisotopic (exact) mass is 898 g/mol. The number of phenolic OH excluding ortho intramolecular Hbond substituents is 1. The highest BCUT2D eigenvalue weighted by atomic mass is 16.3. The molecule has 10 aromatic rings. The van der Waals surface area contributed by atoms with E-state index in [0.717, 1.165) is 100 Å². The molecule has 0 spiro atoms. The van der Waals surface area contributed by atoms with Crippen molar-refractivity contribution < 1.29 is 6.48 Å². The van der Waals surface area contributed by atoms with Crippen molar-refractivity contribution in [3.05, 3.63) is 217 Å². The van der Waals surface area contributed by atoms with Gasteiger partial charge in [0.2, 0.25) is 0 Å². The third kappa shape index (κ3) is 8.80. The average molecular weight is 899 g/mol. The number of hydrogen-bond donors (Lipinski definition) is 1. The first-order valence-corrected chi connectivity index (χ1v) is 24.0. The van der Waals surface area contributed by atoms with E-state index < -0.39 is 5.89 Å². The van der Waals surface area contributed by atoms with Crippen molar-refractivity contribution in [3.63, 3.8) is 0 Å². The van der Waals surface area contributed by atoms with Gasteiger partial charge in [0.05, 0.1) is 28.0 Å². The summed E-state index contributed by atoms with van der Waals surface area (Å²) in [4.78, 5) is 10.7. The highest BCUT2D eigenvalue weighted by Gasteiger charge is 2.30. The first kappa shape index (κ1) is 43.7. The van der Waals surface area contributed by atoms with E-state index in [0.29, 0.717) is 11.4 Å². The molecular weight excluding hydrogens is 839 g/mol. The lowest BCUT2D eigenvalue weighted by atomic mass is 9.79. The van der Waals surface area contributed by atoms with Crippen LogP contribution in [0, 0.1) is 0 Å². The van der Waals surface area contributed by atoms with Gasteiger partial charge in [0.1, 0.15) is 11.6 Å². The Morgan fingerprint density at radius 2 is 1.04 bits per heavy atom. The molecular formula is C65H59N3O. The molecule has 0 fully saturated rings. The summed E-state index contributed by atoms with van der Waals surface area (Å²) >= 11 is 0. The number of rotatable bonds is 9. The Balaban J connectivity index is 1.33. The second-order valence-electron chi connectivity index (χ2n) is 20.5. The van der Waals surface area contributed by atoms with Crippen LogP contribution in [0.25, 0.3) is 95.0 Å². The first-order chi connectivity index (χ1) is 33.5. The number of pyridine rings is 1. The number of imidazole rings is 1. The summed E-state index contributed by atoms with van der Waals surface area (Å²) in [6.07, 6.45) is 1.90. The van der Waals surface area contributed by atoms with Gasteiger partial charge in [0, 0.05) is 29.8 Å². The first-order valence-electron chi connectivity index (χ1n) is 24.5. The topological polar surface area (TPSA) is 50.9 Å². The van der Waals surface area contributed by atoms with E-state index in [-0.39, 0.29) is 16.6 Å². The fraction of sp³-hybridized carbons (Fsp3) is 0.169. The van der Waals surface area contributed by atoms with Crippen molar-refractivity contribution in [2.75, 3.05) is 0 Å². The van der Waals surface area contributed by atoms with E-state index >= 15 is 0 Å². The fourth-order valence-electron chi connectivity index (χ4n) is 9.59. The third-order valence-electron chi connectivity index (χ3n) is 13.3. The van der Waals surface area contributed by atoms with E-state index in [4.69, 9.17) is 9.97 Å². The summed E-state index contributed by atoms with van der Waals surface area (Å²) in [6, 6.07) is 67.9. The standard InChI is InChI=1S/C65H59N3O/c1-42(2)53-40-55(46-28-19-12-20-29-46)60(41-54(53)45-26-17-11-18-27-45)68-59-31-21-30-52(61(59)67-63(68)56-38-51(64(3,4)5)39-57(62(56)69)65(6,7)8)49-34-48(44-24-15-10-16-25-44)35-50(36-49)58-37-47(32-33-66-58)43-22-13-9-14-23-43/h9-42,69H,1-8H3/i42D. The number of benzene rings is 8. The fourth-order valence-corrected chi connectivity index (χ4v) is 9.59. The molecule has 0 saturated heterocycles. The van der Waals surface area contributed by atoms with Gasteiger partial charge < -0.3 is 5.11 Å². The quantitative estimate of drug-likeness (QED) is 0.157. The third-order valence-corrected chi connectivity index (χ3v) is 13.3. The van der Waals surface area contributed by atoms with Gasteiger partial charge in [0.25, 0.3) is 0 Å². The number of aromatic hydroxyl groups is 1. The Bertz CT molecular complexity index is 3520. The minimum atomic E-state index is -0.932. The Kier molecular flexibility index (Phi) is 11.4. The van der Waals surface area contributed by atoms with Crippen LogP contribution in [0.1, 0.15) is 79.3 Å². The van der Waals surface area contributed by atoms with Crippen LogP contribution in [-0.2, 0) is 10.8 Å². The van der Waals surface area contributed by atoms with Gasteiger partial charge in [0.15, 0.2) is 0 Å².